The molecule has 3 aromatic carbocycles. The Morgan fingerprint density at radius 3 is 2.35 bits per heavy atom. The van der Waals surface area contributed by atoms with Gasteiger partial charge >= 0.3 is 0 Å². The molecule has 3 aromatic rings. The summed E-state index contributed by atoms with van der Waals surface area (Å²) in [6.45, 7) is 3.65. The largest absolute Gasteiger partial charge is 0.354 e. The van der Waals surface area contributed by atoms with E-state index in [9.17, 15) is 18.0 Å². The number of anilines is 1. The number of carbonyl (C=O) groups excluding carboxylic acids is 2. The van der Waals surface area contributed by atoms with Gasteiger partial charge in [0, 0.05) is 22.6 Å². The second kappa shape index (κ2) is 13.1. The Balaban J connectivity index is 2.01. The highest BCUT2D eigenvalue weighted by Crippen LogP contribution is 2.27. The third-order valence-electron chi connectivity index (χ3n) is 5.66. The molecule has 0 saturated heterocycles. The molecular weight excluding hydrogens is 578 g/mol. The van der Waals surface area contributed by atoms with Crippen molar-refractivity contribution in [1.29, 1.82) is 0 Å². The first kappa shape index (κ1) is 28.7. The first-order valence-electron chi connectivity index (χ1n) is 11.8. The van der Waals surface area contributed by atoms with Crippen molar-refractivity contribution in [3.63, 3.8) is 0 Å². The average molecular weight is 607 g/mol. The van der Waals surface area contributed by atoms with E-state index in [2.05, 4.69) is 21.2 Å². The van der Waals surface area contributed by atoms with Crippen molar-refractivity contribution in [3.05, 3.63) is 93.9 Å². The predicted molar refractivity (Wildman–Crippen MR) is 150 cm³/mol. The minimum atomic E-state index is -4.12. The first-order chi connectivity index (χ1) is 17.6. The molecule has 0 spiro atoms. The van der Waals surface area contributed by atoms with Gasteiger partial charge in [-0.05, 0) is 61.4 Å². The zero-order valence-electron chi connectivity index (χ0n) is 20.6. The van der Waals surface area contributed by atoms with Crippen LogP contribution in [0, 0.1) is 0 Å². The Labute approximate surface area is 231 Å². The summed E-state index contributed by atoms with van der Waals surface area (Å²) in [7, 11) is -4.12. The van der Waals surface area contributed by atoms with Crippen LogP contribution in [0.25, 0.3) is 0 Å². The molecule has 0 aromatic heterocycles. The van der Waals surface area contributed by atoms with E-state index in [4.69, 9.17) is 11.6 Å². The minimum absolute atomic E-state index is 0.0371. The molecule has 0 heterocycles. The zero-order valence-corrected chi connectivity index (χ0v) is 23.8. The Bertz CT molecular complexity index is 1340. The number of rotatable bonds is 11. The highest BCUT2D eigenvalue weighted by atomic mass is 79.9. The molecule has 0 aliphatic rings. The molecule has 0 bridgehead atoms. The van der Waals surface area contributed by atoms with Gasteiger partial charge in [0.25, 0.3) is 10.0 Å². The number of hydrogen-bond acceptors (Lipinski definition) is 4. The summed E-state index contributed by atoms with van der Waals surface area (Å²) in [5.41, 5.74) is 1.04. The lowest BCUT2D eigenvalue weighted by molar-refractivity contribution is -0.139. The smallest absolute Gasteiger partial charge is 0.264 e. The van der Waals surface area contributed by atoms with Gasteiger partial charge in [0.05, 0.1) is 10.6 Å². The first-order valence-corrected chi connectivity index (χ1v) is 14.4. The second-order valence-corrected chi connectivity index (χ2v) is 11.6. The standard InChI is InChI=1S/C27H29BrClN3O4S/c1-3-15-30-27(34)20(2)31(18-21-9-7-10-22(28)16-21)26(33)19-32(24-12-8-11-23(29)17-24)37(35,36)25-13-5-4-6-14-25/h4-14,16-17,20H,3,15,18-19H2,1-2H3,(H,30,34)/t20-/m0/s1. The Morgan fingerprint density at radius 2 is 1.70 bits per heavy atom. The van der Waals surface area contributed by atoms with Crippen LogP contribution in [0.1, 0.15) is 25.8 Å². The molecule has 3 rings (SSSR count). The van der Waals surface area contributed by atoms with Crippen LogP contribution >= 0.6 is 27.5 Å². The van der Waals surface area contributed by atoms with Crippen LogP contribution in [0.5, 0.6) is 0 Å². The fourth-order valence-electron chi connectivity index (χ4n) is 3.69. The number of hydrogen-bond donors (Lipinski definition) is 1. The van der Waals surface area contributed by atoms with Crippen LogP contribution < -0.4 is 9.62 Å². The van der Waals surface area contributed by atoms with Gasteiger partial charge in [-0.2, -0.15) is 0 Å². The lowest BCUT2D eigenvalue weighted by Gasteiger charge is -2.32. The molecule has 1 atom stereocenters. The Hall–Kier alpha value is -2.88. The van der Waals surface area contributed by atoms with Crippen molar-refractivity contribution >= 4 is 55.1 Å². The Kier molecular flexibility index (Phi) is 10.1. The van der Waals surface area contributed by atoms with Gasteiger partial charge in [-0.1, -0.05) is 70.9 Å². The normalized spacial score (nSPS) is 12.0. The van der Waals surface area contributed by atoms with Crippen molar-refractivity contribution in [3.8, 4) is 0 Å². The van der Waals surface area contributed by atoms with Crippen LogP contribution in [0.3, 0.4) is 0 Å². The van der Waals surface area contributed by atoms with Crippen LogP contribution in [0.2, 0.25) is 5.02 Å². The average Bonchev–Trinajstić information content (AvgIpc) is 2.88. The second-order valence-electron chi connectivity index (χ2n) is 8.42. The lowest BCUT2D eigenvalue weighted by atomic mass is 10.1. The summed E-state index contributed by atoms with van der Waals surface area (Å²) in [6, 6.07) is 20.8. The molecule has 0 radical (unpaired) electrons. The molecule has 0 aliphatic heterocycles. The number of sulfonamides is 1. The van der Waals surface area contributed by atoms with Gasteiger partial charge in [-0.25, -0.2) is 8.42 Å². The monoisotopic (exact) mass is 605 g/mol. The third-order valence-corrected chi connectivity index (χ3v) is 8.18. The van der Waals surface area contributed by atoms with Gasteiger partial charge in [0.2, 0.25) is 11.8 Å². The van der Waals surface area contributed by atoms with Crippen molar-refractivity contribution in [2.75, 3.05) is 17.4 Å². The molecule has 1 N–H and O–H groups in total. The van der Waals surface area contributed by atoms with Crippen LogP contribution in [0.15, 0.2) is 88.2 Å². The number of benzene rings is 3. The highest BCUT2D eigenvalue weighted by Gasteiger charge is 2.32. The number of nitrogens with one attached hydrogen (secondary N) is 1. The van der Waals surface area contributed by atoms with E-state index in [0.29, 0.717) is 11.6 Å². The molecule has 0 fully saturated rings. The number of carbonyl (C=O) groups is 2. The van der Waals surface area contributed by atoms with Gasteiger partial charge in [-0.3, -0.25) is 13.9 Å². The lowest BCUT2D eigenvalue weighted by Crippen LogP contribution is -2.51. The van der Waals surface area contributed by atoms with Gasteiger partial charge in [0.1, 0.15) is 12.6 Å². The highest BCUT2D eigenvalue weighted by molar-refractivity contribution is 9.10. The van der Waals surface area contributed by atoms with Gasteiger partial charge in [0.15, 0.2) is 0 Å². The summed E-state index contributed by atoms with van der Waals surface area (Å²) < 4.78 is 29.2. The van der Waals surface area contributed by atoms with Crippen molar-refractivity contribution in [2.24, 2.45) is 0 Å². The number of nitrogens with zero attached hydrogens (tertiary/aromatic N) is 2. The Morgan fingerprint density at radius 1 is 1.00 bits per heavy atom. The summed E-state index contributed by atoms with van der Waals surface area (Å²) in [6.07, 6.45) is 0.746. The molecule has 37 heavy (non-hydrogen) atoms. The minimum Gasteiger partial charge on any atom is -0.354 e. The van der Waals surface area contributed by atoms with Gasteiger partial charge < -0.3 is 10.2 Å². The van der Waals surface area contributed by atoms with Crippen LogP contribution in [-0.2, 0) is 26.2 Å². The van der Waals surface area contributed by atoms with E-state index in [-0.39, 0.29) is 23.0 Å². The van der Waals surface area contributed by atoms with E-state index in [1.54, 1.807) is 43.3 Å². The van der Waals surface area contributed by atoms with E-state index < -0.39 is 28.5 Å². The predicted octanol–water partition coefficient (Wildman–Crippen LogP) is 5.24. The maximum absolute atomic E-state index is 13.8. The number of amides is 2. The topological polar surface area (TPSA) is 86.8 Å². The molecule has 0 unspecified atom stereocenters. The van der Waals surface area contributed by atoms with Gasteiger partial charge in [-0.15, -0.1) is 0 Å². The summed E-state index contributed by atoms with van der Waals surface area (Å²) in [5, 5.41) is 3.15. The third kappa shape index (κ3) is 7.56. The molecule has 0 aliphatic carbocycles. The van der Waals surface area contributed by atoms with Crippen molar-refractivity contribution < 1.29 is 18.0 Å². The summed E-state index contributed by atoms with van der Waals surface area (Å²) >= 11 is 9.61. The summed E-state index contributed by atoms with van der Waals surface area (Å²) in [5.74, 6) is -0.843. The SMILES string of the molecule is CCCNC(=O)[C@H](C)N(Cc1cccc(Br)c1)C(=O)CN(c1cccc(Cl)c1)S(=O)(=O)c1ccccc1. The van der Waals surface area contributed by atoms with Crippen molar-refractivity contribution in [1.82, 2.24) is 10.2 Å². The van der Waals surface area contributed by atoms with Crippen LogP contribution in [-0.4, -0.2) is 44.3 Å². The number of halogens is 2. The van der Waals surface area contributed by atoms with Crippen LogP contribution in [0.4, 0.5) is 5.69 Å². The van der Waals surface area contributed by atoms with E-state index in [1.165, 1.54) is 23.1 Å². The maximum atomic E-state index is 13.8. The summed E-state index contributed by atoms with van der Waals surface area (Å²) in [4.78, 5) is 28.1. The van der Waals surface area contributed by atoms with Crippen molar-refractivity contribution in [2.45, 2.75) is 37.8 Å². The maximum Gasteiger partial charge on any atom is 0.264 e. The van der Waals surface area contributed by atoms with E-state index >= 15 is 0 Å². The fraction of sp³-hybridized carbons (Fsp3) is 0.259. The molecule has 10 heteroatoms. The molecule has 0 saturated carbocycles. The van der Waals surface area contributed by atoms with E-state index in [1.807, 2.05) is 31.2 Å². The molecule has 196 valence electrons. The zero-order chi connectivity index (χ0) is 27.0. The quantitative estimate of drug-likeness (QED) is 0.323. The fourth-order valence-corrected chi connectivity index (χ4v) is 5.75. The molecular formula is C27H29BrClN3O4S. The van der Waals surface area contributed by atoms with E-state index in [0.717, 1.165) is 20.8 Å². The molecule has 7 nitrogen and oxygen atoms in total. The molecule has 2 amide bonds.